The smallest absolute Gasteiger partial charge is 0.261 e. The zero-order chi connectivity index (χ0) is 17.7. The van der Waals surface area contributed by atoms with Gasteiger partial charge in [0.25, 0.3) is 5.76 Å². The van der Waals surface area contributed by atoms with Gasteiger partial charge in [0, 0.05) is 10.5 Å². The fourth-order valence-corrected chi connectivity index (χ4v) is 2.01. The number of hydrogen-bond acceptors (Lipinski definition) is 0. The van der Waals surface area contributed by atoms with Gasteiger partial charge in [0.1, 0.15) is 0 Å². The molecule has 23 heavy (non-hydrogen) atoms. The van der Waals surface area contributed by atoms with Crippen LogP contribution < -0.4 is 0 Å². The molecular formula is C21H28BrO+. The molecule has 0 unspecified atom stereocenters. The lowest BCUT2D eigenvalue weighted by Gasteiger charge is -2.03. The molecule has 124 valence electrons. The lowest BCUT2D eigenvalue weighted by Crippen LogP contribution is -1.87. The van der Waals surface area contributed by atoms with E-state index >= 15 is 0 Å². The van der Waals surface area contributed by atoms with E-state index in [9.17, 15) is 0 Å². The van der Waals surface area contributed by atoms with E-state index in [2.05, 4.69) is 35.5 Å². The molecule has 0 saturated carbocycles. The summed E-state index contributed by atoms with van der Waals surface area (Å²) in [6.07, 6.45) is 12.7. The third kappa shape index (κ3) is 8.41. The van der Waals surface area contributed by atoms with Gasteiger partial charge in [-0.2, -0.15) is 0 Å². The predicted molar refractivity (Wildman–Crippen MR) is 109 cm³/mol. The first-order chi connectivity index (χ1) is 11.1. The van der Waals surface area contributed by atoms with Gasteiger partial charge in [0.2, 0.25) is 0 Å². The molecule has 2 N–H and O–H groups in total. The van der Waals surface area contributed by atoms with Crippen molar-refractivity contribution in [2.45, 2.75) is 34.1 Å². The average Bonchev–Trinajstić information content (AvgIpc) is 2.57. The molecule has 2 heteroatoms. The predicted octanol–water partition coefficient (Wildman–Crippen LogP) is 6.57. The van der Waals surface area contributed by atoms with Crippen LogP contribution in [0.2, 0.25) is 0 Å². The fraction of sp³-hybridized carbons (Fsp3) is 0.238. The molecule has 0 aliphatic heterocycles. The number of rotatable bonds is 6. The highest BCUT2D eigenvalue weighted by Crippen LogP contribution is 2.20. The molecule has 0 saturated heterocycles. The first-order valence-electron chi connectivity index (χ1n) is 7.96. The van der Waals surface area contributed by atoms with E-state index in [0.29, 0.717) is 5.76 Å². The zero-order valence-electron chi connectivity index (χ0n) is 14.6. The maximum Gasteiger partial charge on any atom is 0.261 e. The molecule has 0 amide bonds. The van der Waals surface area contributed by atoms with Gasteiger partial charge in [0.15, 0.2) is 0 Å². The van der Waals surface area contributed by atoms with Crippen molar-refractivity contribution in [2.24, 2.45) is 0 Å². The molecule has 0 aromatic heterocycles. The number of benzene rings is 1. The van der Waals surface area contributed by atoms with Crippen molar-refractivity contribution in [1.29, 1.82) is 0 Å². The molecular weight excluding hydrogens is 348 g/mol. The van der Waals surface area contributed by atoms with Crippen LogP contribution in [-0.2, 0) is 0 Å². The van der Waals surface area contributed by atoms with E-state index in [1.165, 1.54) is 0 Å². The summed E-state index contributed by atoms with van der Waals surface area (Å²) in [5.74, 6) is 0.489. The summed E-state index contributed by atoms with van der Waals surface area (Å²) in [7, 11) is 0. The Labute approximate surface area is 149 Å². The average molecular weight is 376 g/mol. The summed E-state index contributed by atoms with van der Waals surface area (Å²) in [5.41, 5.74) is 2.80. The van der Waals surface area contributed by atoms with Crippen molar-refractivity contribution in [3.05, 3.63) is 88.5 Å². The normalized spacial score (nSPS) is 12.4. The van der Waals surface area contributed by atoms with Crippen LogP contribution in [0.5, 0.6) is 0 Å². The number of allylic oxidation sites excluding steroid dienone is 8. The van der Waals surface area contributed by atoms with Crippen LogP contribution in [0.1, 0.15) is 39.7 Å². The lowest BCUT2D eigenvalue weighted by atomic mass is 10.0. The van der Waals surface area contributed by atoms with Crippen LogP contribution in [0.4, 0.5) is 0 Å². The Bertz CT molecular complexity index is 587. The van der Waals surface area contributed by atoms with E-state index in [1.807, 2.05) is 75.4 Å². The topological polar surface area (TPSA) is 22.9 Å². The molecule has 0 radical (unpaired) electrons. The second-order valence-electron chi connectivity index (χ2n) is 4.54. The van der Waals surface area contributed by atoms with E-state index in [1.54, 1.807) is 0 Å². The van der Waals surface area contributed by atoms with Gasteiger partial charge in [0.05, 0.1) is 5.56 Å². The van der Waals surface area contributed by atoms with Crippen molar-refractivity contribution in [1.82, 2.24) is 0 Å². The maximum atomic E-state index is 8.22. The highest BCUT2D eigenvalue weighted by molar-refractivity contribution is 9.10. The summed E-state index contributed by atoms with van der Waals surface area (Å²) >= 11 is 3.41. The molecule has 0 aliphatic rings. The summed E-state index contributed by atoms with van der Waals surface area (Å²) < 4.78 is 1.02. The fourth-order valence-electron chi connectivity index (χ4n) is 1.75. The SMILES string of the molecule is C=C(/C=C\C=C/C)C(/C=C(\[OH2+])c1ccc(Br)cc1)=C/CC.CC. The number of halogens is 1. The zero-order valence-corrected chi connectivity index (χ0v) is 16.2. The monoisotopic (exact) mass is 375 g/mol. The molecule has 1 aromatic rings. The third-order valence-electron chi connectivity index (χ3n) is 2.85. The summed E-state index contributed by atoms with van der Waals surface area (Å²) in [4.78, 5) is 0. The molecule has 0 fully saturated rings. The Morgan fingerprint density at radius 2 is 1.78 bits per heavy atom. The van der Waals surface area contributed by atoms with Crippen molar-refractivity contribution < 1.29 is 5.11 Å². The minimum absolute atomic E-state index is 0.489. The first kappa shape index (κ1) is 21.2. The van der Waals surface area contributed by atoms with E-state index in [-0.39, 0.29) is 0 Å². The summed E-state index contributed by atoms with van der Waals surface area (Å²) in [6, 6.07) is 7.76. The maximum absolute atomic E-state index is 8.22. The highest BCUT2D eigenvalue weighted by atomic mass is 79.9. The molecule has 0 heterocycles. The minimum atomic E-state index is 0.489. The van der Waals surface area contributed by atoms with Crippen molar-refractivity contribution >= 4 is 21.7 Å². The number of hydrogen-bond donors (Lipinski definition) is 0. The van der Waals surface area contributed by atoms with E-state index in [0.717, 1.165) is 27.6 Å². The van der Waals surface area contributed by atoms with Crippen molar-refractivity contribution in [3.8, 4) is 0 Å². The molecule has 0 atom stereocenters. The Kier molecular flexibility index (Phi) is 11.7. The van der Waals surface area contributed by atoms with Gasteiger partial charge in [-0.05, 0) is 48.8 Å². The standard InChI is InChI=1S/C19H21BrO.C2H6/c1-4-6-7-9-15(3)17(8-5-2)14-19(21)16-10-12-18(20)13-11-16;1-2/h4,6-14,21H,3,5H2,1-2H3;1-2H3/p+1/b6-4-,9-7-,17-8+,19-14-;. The van der Waals surface area contributed by atoms with Crippen LogP contribution in [0, 0.1) is 0 Å². The molecule has 1 aromatic carbocycles. The largest absolute Gasteiger partial charge is 0.593 e. The molecule has 0 aliphatic carbocycles. The quantitative estimate of drug-likeness (QED) is 0.305. The molecule has 1 rings (SSSR count). The van der Waals surface area contributed by atoms with Crippen molar-refractivity contribution in [3.63, 3.8) is 0 Å². The van der Waals surface area contributed by atoms with Crippen LogP contribution >= 0.6 is 15.9 Å². The van der Waals surface area contributed by atoms with E-state index in [4.69, 9.17) is 5.11 Å². The van der Waals surface area contributed by atoms with Gasteiger partial charge in [-0.1, -0.05) is 73.7 Å². The molecule has 1 nitrogen and oxygen atoms in total. The summed E-state index contributed by atoms with van der Waals surface area (Å²) in [5, 5.41) is 8.22. The lowest BCUT2D eigenvalue weighted by molar-refractivity contribution is 0.511. The van der Waals surface area contributed by atoms with E-state index < -0.39 is 0 Å². The Morgan fingerprint density at radius 1 is 1.17 bits per heavy atom. The van der Waals surface area contributed by atoms with Crippen LogP contribution in [0.15, 0.2) is 82.9 Å². The van der Waals surface area contributed by atoms with Crippen LogP contribution in [0.3, 0.4) is 0 Å². The van der Waals surface area contributed by atoms with Gasteiger partial charge in [-0.3, -0.25) is 0 Å². The summed E-state index contributed by atoms with van der Waals surface area (Å²) in [6.45, 7) is 12.1. The second kappa shape index (κ2) is 12.7. The highest BCUT2D eigenvalue weighted by Gasteiger charge is 2.06. The third-order valence-corrected chi connectivity index (χ3v) is 3.38. The molecule has 0 bridgehead atoms. The molecule has 0 spiro atoms. The second-order valence-corrected chi connectivity index (χ2v) is 5.46. The van der Waals surface area contributed by atoms with Crippen LogP contribution in [-0.4, -0.2) is 5.11 Å². The van der Waals surface area contributed by atoms with Crippen molar-refractivity contribution in [2.75, 3.05) is 0 Å². The van der Waals surface area contributed by atoms with Gasteiger partial charge >= 0.3 is 0 Å². The van der Waals surface area contributed by atoms with Gasteiger partial charge in [-0.25, -0.2) is 0 Å². The first-order valence-corrected chi connectivity index (χ1v) is 8.75. The van der Waals surface area contributed by atoms with Gasteiger partial charge in [-0.15, -0.1) is 0 Å². The Balaban J connectivity index is 0.00000232. The Morgan fingerprint density at radius 3 is 2.30 bits per heavy atom. The van der Waals surface area contributed by atoms with Crippen LogP contribution in [0.25, 0.3) is 5.76 Å². The van der Waals surface area contributed by atoms with Gasteiger partial charge < -0.3 is 5.11 Å². The Hall–Kier alpha value is -1.80. The minimum Gasteiger partial charge on any atom is -0.593 e.